The van der Waals surface area contributed by atoms with E-state index in [1.165, 1.54) is 0 Å². The molecule has 1 aromatic carbocycles. The highest BCUT2D eigenvalue weighted by molar-refractivity contribution is 9.10. The zero-order valence-corrected chi connectivity index (χ0v) is 15.0. The molecule has 1 aromatic rings. The van der Waals surface area contributed by atoms with Crippen molar-refractivity contribution in [3.05, 3.63) is 28.2 Å². The summed E-state index contributed by atoms with van der Waals surface area (Å²) in [5.41, 5.74) is 0.772. The quantitative estimate of drug-likeness (QED) is 0.769. The minimum Gasteiger partial charge on any atom is -0.324 e. The van der Waals surface area contributed by atoms with Crippen molar-refractivity contribution in [3.63, 3.8) is 0 Å². The van der Waals surface area contributed by atoms with E-state index in [0.29, 0.717) is 18.5 Å². The molecule has 1 fully saturated rings. The molecule has 0 radical (unpaired) electrons. The molecule has 2 N–H and O–H groups in total. The molecule has 0 bridgehead atoms. The molecular formula is C16H20BrN3O3. The molecule has 124 valence electrons. The van der Waals surface area contributed by atoms with Crippen molar-refractivity contribution < 1.29 is 14.4 Å². The van der Waals surface area contributed by atoms with Gasteiger partial charge in [0.05, 0.1) is 0 Å². The molecule has 0 spiro atoms. The van der Waals surface area contributed by atoms with Crippen LogP contribution in [0, 0.1) is 6.92 Å². The Balaban J connectivity index is 2.06. The summed E-state index contributed by atoms with van der Waals surface area (Å²) in [4.78, 5) is 37.6. The molecule has 1 aliphatic heterocycles. The second-order valence-electron chi connectivity index (χ2n) is 5.62. The molecule has 4 amide bonds. The molecular weight excluding hydrogens is 362 g/mol. The highest BCUT2D eigenvalue weighted by Crippen LogP contribution is 2.25. The number of halogens is 1. The van der Waals surface area contributed by atoms with Crippen LogP contribution >= 0.6 is 15.9 Å². The largest absolute Gasteiger partial charge is 0.325 e. The number of aryl methyl sites for hydroxylation is 1. The van der Waals surface area contributed by atoms with Crippen molar-refractivity contribution in [3.8, 4) is 0 Å². The number of imide groups is 1. The number of amides is 4. The first-order valence-corrected chi connectivity index (χ1v) is 8.32. The van der Waals surface area contributed by atoms with Crippen LogP contribution in [0.1, 0.15) is 32.3 Å². The summed E-state index contributed by atoms with van der Waals surface area (Å²) in [6, 6.07) is 4.90. The Morgan fingerprint density at radius 2 is 1.96 bits per heavy atom. The van der Waals surface area contributed by atoms with Crippen LogP contribution in [0.3, 0.4) is 0 Å². The number of hydrogen-bond donors (Lipinski definition) is 2. The van der Waals surface area contributed by atoms with Gasteiger partial charge in [-0.05, 0) is 37.5 Å². The number of anilines is 1. The van der Waals surface area contributed by atoms with Crippen molar-refractivity contribution in [1.29, 1.82) is 0 Å². The van der Waals surface area contributed by atoms with Gasteiger partial charge in [-0.1, -0.05) is 35.8 Å². The van der Waals surface area contributed by atoms with Crippen molar-refractivity contribution in [2.24, 2.45) is 0 Å². The van der Waals surface area contributed by atoms with Crippen LogP contribution in [-0.4, -0.2) is 34.8 Å². The number of carbonyl (C=O) groups is 3. The normalized spacial score (nSPS) is 16.4. The van der Waals surface area contributed by atoms with E-state index in [9.17, 15) is 14.4 Å². The average molecular weight is 382 g/mol. The number of benzene rings is 1. The number of urea groups is 1. The minimum absolute atomic E-state index is 0.294. The van der Waals surface area contributed by atoms with Crippen LogP contribution in [0.4, 0.5) is 10.5 Å². The van der Waals surface area contributed by atoms with Crippen LogP contribution in [-0.2, 0) is 9.59 Å². The fourth-order valence-electron chi connectivity index (χ4n) is 2.56. The predicted octanol–water partition coefficient (Wildman–Crippen LogP) is 2.81. The van der Waals surface area contributed by atoms with Gasteiger partial charge in [0.1, 0.15) is 12.1 Å². The van der Waals surface area contributed by atoms with Crippen LogP contribution in [0.25, 0.3) is 0 Å². The van der Waals surface area contributed by atoms with Crippen molar-refractivity contribution in [2.75, 3.05) is 11.9 Å². The third-order valence-corrected chi connectivity index (χ3v) is 5.06. The minimum atomic E-state index is -0.885. The Morgan fingerprint density at radius 1 is 1.30 bits per heavy atom. The molecule has 6 nitrogen and oxygen atoms in total. The maximum atomic E-state index is 12.4. The summed E-state index contributed by atoms with van der Waals surface area (Å²) in [5.74, 6) is -0.750. The Hall–Kier alpha value is -1.89. The van der Waals surface area contributed by atoms with Crippen LogP contribution in [0.2, 0.25) is 0 Å². The van der Waals surface area contributed by atoms with E-state index in [1.807, 2.05) is 26.8 Å². The maximum Gasteiger partial charge on any atom is 0.325 e. The van der Waals surface area contributed by atoms with Crippen molar-refractivity contribution in [2.45, 2.75) is 39.2 Å². The Labute approximate surface area is 143 Å². The first-order chi connectivity index (χ1) is 10.8. The number of rotatable bonds is 5. The third kappa shape index (κ3) is 3.39. The lowest BCUT2D eigenvalue weighted by molar-refractivity contribution is -0.134. The standard InChI is InChI=1S/C16H20BrN3O3/c1-4-16(5-2)14(22)20(15(23)19-16)9-13(21)18-11-7-6-10(3)12(17)8-11/h6-8H,4-5,9H2,1-3H3,(H,18,21)(H,19,23). The fourth-order valence-corrected chi connectivity index (χ4v) is 2.94. The van der Waals surface area contributed by atoms with Gasteiger partial charge in [-0.25, -0.2) is 4.79 Å². The molecule has 2 rings (SSSR count). The van der Waals surface area contributed by atoms with E-state index >= 15 is 0 Å². The number of nitrogens with zero attached hydrogens (tertiary/aromatic N) is 1. The van der Waals surface area contributed by atoms with E-state index in [4.69, 9.17) is 0 Å². The Kier molecular flexibility index (Phi) is 5.09. The summed E-state index contributed by atoms with van der Waals surface area (Å²) in [6.07, 6.45) is 0.994. The molecule has 1 saturated heterocycles. The first-order valence-electron chi connectivity index (χ1n) is 7.53. The van der Waals surface area contributed by atoms with E-state index < -0.39 is 17.5 Å². The van der Waals surface area contributed by atoms with Gasteiger partial charge in [0, 0.05) is 10.2 Å². The third-order valence-electron chi connectivity index (χ3n) is 4.21. The molecule has 0 saturated carbocycles. The highest BCUT2D eigenvalue weighted by Gasteiger charge is 2.49. The van der Waals surface area contributed by atoms with Crippen LogP contribution in [0.5, 0.6) is 0 Å². The average Bonchev–Trinajstić information content (AvgIpc) is 2.75. The molecule has 1 aliphatic rings. The van der Waals surface area contributed by atoms with Crippen LogP contribution < -0.4 is 10.6 Å². The number of carbonyl (C=O) groups excluding carboxylic acids is 3. The SMILES string of the molecule is CCC1(CC)NC(=O)N(CC(=O)Nc2ccc(C)c(Br)c2)C1=O. The molecule has 0 unspecified atom stereocenters. The lowest BCUT2D eigenvalue weighted by atomic mass is 9.93. The molecule has 0 aromatic heterocycles. The molecule has 1 heterocycles. The number of nitrogens with one attached hydrogen (secondary N) is 2. The van der Waals surface area contributed by atoms with E-state index in [0.717, 1.165) is 14.9 Å². The van der Waals surface area contributed by atoms with Gasteiger partial charge < -0.3 is 10.6 Å². The summed E-state index contributed by atoms with van der Waals surface area (Å²) in [5, 5.41) is 5.40. The fraction of sp³-hybridized carbons (Fsp3) is 0.438. The topological polar surface area (TPSA) is 78.5 Å². The van der Waals surface area contributed by atoms with Crippen molar-refractivity contribution in [1.82, 2.24) is 10.2 Å². The zero-order valence-electron chi connectivity index (χ0n) is 13.4. The predicted molar refractivity (Wildman–Crippen MR) is 91.1 cm³/mol. The molecule has 7 heteroatoms. The van der Waals surface area contributed by atoms with Crippen LogP contribution in [0.15, 0.2) is 22.7 Å². The lowest BCUT2D eigenvalue weighted by Gasteiger charge is -2.23. The Bertz CT molecular complexity index is 656. The van der Waals surface area contributed by atoms with E-state index in [1.54, 1.807) is 12.1 Å². The molecule has 0 atom stereocenters. The summed E-state index contributed by atoms with van der Waals surface area (Å²) >= 11 is 3.40. The summed E-state index contributed by atoms with van der Waals surface area (Å²) < 4.78 is 0.876. The molecule has 0 aliphatic carbocycles. The van der Waals surface area contributed by atoms with Gasteiger partial charge in [-0.15, -0.1) is 0 Å². The monoisotopic (exact) mass is 381 g/mol. The second kappa shape index (κ2) is 6.70. The van der Waals surface area contributed by atoms with Gasteiger partial charge in [0.15, 0.2) is 0 Å². The lowest BCUT2D eigenvalue weighted by Crippen LogP contribution is -2.46. The van der Waals surface area contributed by atoms with E-state index in [-0.39, 0.29) is 12.5 Å². The van der Waals surface area contributed by atoms with Gasteiger partial charge in [-0.2, -0.15) is 0 Å². The smallest absolute Gasteiger partial charge is 0.324 e. The van der Waals surface area contributed by atoms with Crippen molar-refractivity contribution >= 4 is 39.5 Å². The van der Waals surface area contributed by atoms with Gasteiger partial charge in [0.25, 0.3) is 5.91 Å². The first kappa shape index (κ1) is 17.5. The highest BCUT2D eigenvalue weighted by atomic mass is 79.9. The van der Waals surface area contributed by atoms with Gasteiger partial charge in [0.2, 0.25) is 5.91 Å². The van der Waals surface area contributed by atoms with Gasteiger partial charge >= 0.3 is 6.03 Å². The van der Waals surface area contributed by atoms with Gasteiger partial charge in [-0.3, -0.25) is 14.5 Å². The van der Waals surface area contributed by atoms with E-state index in [2.05, 4.69) is 26.6 Å². The molecule has 23 heavy (non-hydrogen) atoms. The summed E-state index contributed by atoms with van der Waals surface area (Å²) in [7, 11) is 0. The Morgan fingerprint density at radius 3 is 2.48 bits per heavy atom. The summed E-state index contributed by atoms with van der Waals surface area (Å²) in [6.45, 7) is 5.33. The number of hydrogen-bond acceptors (Lipinski definition) is 3. The second-order valence-corrected chi connectivity index (χ2v) is 6.48. The maximum absolute atomic E-state index is 12.4. The zero-order chi connectivity index (χ0) is 17.2.